The minimum absolute atomic E-state index is 0.379. The van der Waals surface area contributed by atoms with E-state index in [0.717, 1.165) is 11.8 Å². The summed E-state index contributed by atoms with van der Waals surface area (Å²) in [6.45, 7) is 3.38. The van der Waals surface area contributed by atoms with Crippen molar-refractivity contribution in [2.24, 2.45) is 0 Å². The Hall–Kier alpha value is -1.40. The minimum atomic E-state index is -0.672. The molecule has 1 heterocycles. The monoisotopic (exact) mass is 253 g/mol. The van der Waals surface area contributed by atoms with Crippen LogP contribution in [-0.4, -0.2) is 20.3 Å². The maximum Gasteiger partial charge on any atom is 0.213 e. The van der Waals surface area contributed by atoms with Crippen LogP contribution in [-0.2, 0) is 0 Å². The summed E-state index contributed by atoms with van der Waals surface area (Å²) in [6, 6.07) is 4.63. The van der Waals surface area contributed by atoms with Crippen LogP contribution in [0.5, 0.6) is 0 Å². The van der Waals surface area contributed by atoms with E-state index in [-0.39, 0.29) is 5.82 Å². The lowest BCUT2D eigenvalue weighted by atomic mass is 10.1. The van der Waals surface area contributed by atoms with Crippen LogP contribution in [0.15, 0.2) is 28.3 Å². The van der Waals surface area contributed by atoms with Crippen LogP contribution in [0.3, 0.4) is 0 Å². The maximum absolute atomic E-state index is 13.7. The average molecular weight is 253 g/mol. The first-order valence-corrected chi connectivity index (χ1v) is 5.92. The van der Waals surface area contributed by atoms with E-state index in [1.165, 1.54) is 6.07 Å². The van der Waals surface area contributed by atoms with E-state index in [4.69, 9.17) is 0 Å². The fraction of sp³-hybridized carbons (Fsp3) is 0.273. The van der Waals surface area contributed by atoms with Gasteiger partial charge in [0.2, 0.25) is 5.16 Å². The van der Waals surface area contributed by atoms with E-state index in [1.54, 1.807) is 26.0 Å². The molecule has 0 aliphatic heterocycles. The number of aliphatic hydroxyl groups is 1. The molecular weight excluding hydrogens is 241 g/mol. The van der Waals surface area contributed by atoms with Crippen molar-refractivity contribution in [1.29, 1.82) is 0 Å². The molecule has 1 atom stereocenters. The highest BCUT2D eigenvalue weighted by atomic mass is 32.2. The van der Waals surface area contributed by atoms with Crippen molar-refractivity contribution in [3.63, 3.8) is 0 Å². The van der Waals surface area contributed by atoms with E-state index in [2.05, 4.69) is 15.2 Å². The predicted molar refractivity (Wildman–Crippen MR) is 62.3 cm³/mol. The summed E-state index contributed by atoms with van der Waals surface area (Å²) in [5, 5.41) is 16.4. The molecule has 6 heteroatoms. The number of aromatic nitrogens is 3. The summed E-state index contributed by atoms with van der Waals surface area (Å²) in [7, 11) is 0. The van der Waals surface area contributed by atoms with Crippen LogP contribution in [0, 0.1) is 12.7 Å². The van der Waals surface area contributed by atoms with Crippen LogP contribution < -0.4 is 0 Å². The normalized spacial score (nSPS) is 12.7. The SMILES string of the molecule is Cc1nc(Sc2ccc([C@@H](C)O)cc2F)n[nH]1. The molecule has 2 N–H and O–H groups in total. The van der Waals surface area contributed by atoms with Gasteiger partial charge in [0.1, 0.15) is 11.6 Å². The van der Waals surface area contributed by atoms with Crippen LogP contribution in [0.2, 0.25) is 0 Å². The molecule has 0 radical (unpaired) electrons. The van der Waals surface area contributed by atoms with E-state index < -0.39 is 6.10 Å². The predicted octanol–water partition coefficient (Wildman–Crippen LogP) is 2.46. The van der Waals surface area contributed by atoms with Crippen molar-refractivity contribution in [3.8, 4) is 0 Å². The average Bonchev–Trinajstić information content (AvgIpc) is 2.67. The Morgan fingerprint density at radius 1 is 1.47 bits per heavy atom. The molecule has 1 aromatic heterocycles. The first-order valence-electron chi connectivity index (χ1n) is 5.10. The quantitative estimate of drug-likeness (QED) is 0.882. The number of rotatable bonds is 3. The van der Waals surface area contributed by atoms with Crippen molar-refractivity contribution in [1.82, 2.24) is 15.2 Å². The smallest absolute Gasteiger partial charge is 0.213 e. The fourth-order valence-corrected chi connectivity index (χ4v) is 2.09. The molecular formula is C11H12FN3OS. The second kappa shape index (κ2) is 4.85. The highest BCUT2D eigenvalue weighted by molar-refractivity contribution is 7.99. The molecule has 0 spiro atoms. The summed E-state index contributed by atoms with van der Waals surface area (Å²) in [6.07, 6.45) is -0.672. The first-order chi connectivity index (χ1) is 8.06. The number of halogens is 1. The molecule has 17 heavy (non-hydrogen) atoms. The van der Waals surface area contributed by atoms with Gasteiger partial charge in [0.25, 0.3) is 0 Å². The number of H-pyrrole nitrogens is 1. The number of nitrogens with zero attached hydrogens (tertiary/aromatic N) is 2. The van der Waals surface area contributed by atoms with Crippen molar-refractivity contribution >= 4 is 11.8 Å². The van der Waals surface area contributed by atoms with Crippen molar-refractivity contribution < 1.29 is 9.50 Å². The van der Waals surface area contributed by atoms with Gasteiger partial charge in [-0.3, -0.25) is 5.10 Å². The van der Waals surface area contributed by atoms with Crippen LogP contribution in [0.1, 0.15) is 24.4 Å². The first kappa shape index (κ1) is 12.1. The molecule has 0 saturated carbocycles. The van der Waals surface area contributed by atoms with E-state index in [0.29, 0.717) is 21.4 Å². The molecule has 0 aliphatic rings. The molecule has 0 bridgehead atoms. The van der Waals surface area contributed by atoms with E-state index in [1.807, 2.05) is 0 Å². The fourth-order valence-electron chi connectivity index (χ4n) is 1.33. The molecule has 2 aromatic rings. The Morgan fingerprint density at radius 2 is 2.24 bits per heavy atom. The second-order valence-electron chi connectivity index (χ2n) is 3.67. The summed E-state index contributed by atoms with van der Waals surface area (Å²) >= 11 is 1.15. The number of aryl methyl sites for hydroxylation is 1. The Labute approximate surface area is 102 Å². The van der Waals surface area contributed by atoms with Crippen molar-refractivity contribution in [3.05, 3.63) is 35.4 Å². The molecule has 0 amide bonds. The molecule has 1 aromatic carbocycles. The second-order valence-corrected chi connectivity index (χ2v) is 4.68. The number of hydrogen-bond acceptors (Lipinski definition) is 4. The summed E-state index contributed by atoms with van der Waals surface area (Å²) in [5.74, 6) is 0.310. The van der Waals surface area contributed by atoms with Crippen LogP contribution in [0.25, 0.3) is 0 Å². The zero-order valence-corrected chi connectivity index (χ0v) is 10.3. The van der Waals surface area contributed by atoms with Gasteiger partial charge in [-0.25, -0.2) is 9.37 Å². The third kappa shape index (κ3) is 2.83. The highest BCUT2D eigenvalue weighted by Gasteiger charge is 2.10. The molecule has 0 saturated heterocycles. The summed E-state index contributed by atoms with van der Waals surface area (Å²) in [5.41, 5.74) is 0.554. The lowest BCUT2D eigenvalue weighted by Gasteiger charge is -2.06. The van der Waals surface area contributed by atoms with Crippen molar-refractivity contribution in [2.45, 2.75) is 30.0 Å². The highest BCUT2D eigenvalue weighted by Crippen LogP contribution is 2.28. The molecule has 90 valence electrons. The Balaban J connectivity index is 2.22. The van der Waals surface area contributed by atoms with E-state index >= 15 is 0 Å². The van der Waals surface area contributed by atoms with Crippen molar-refractivity contribution in [2.75, 3.05) is 0 Å². The van der Waals surface area contributed by atoms with Gasteiger partial charge in [-0.1, -0.05) is 6.07 Å². The Kier molecular flexibility index (Phi) is 3.44. The number of hydrogen-bond donors (Lipinski definition) is 2. The lowest BCUT2D eigenvalue weighted by molar-refractivity contribution is 0.198. The topological polar surface area (TPSA) is 61.8 Å². The number of nitrogens with one attached hydrogen (secondary N) is 1. The molecule has 0 fully saturated rings. The number of aromatic amines is 1. The molecule has 0 aliphatic carbocycles. The van der Waals surface area contributed by atoms with Gasteiger partial charge >= 0.3 is 0 Å². The molecule has 2 rings (SSSR count). The third-order valence-electron chi connectivity index (χ3n) is 2.22. The van der Waals surface area contributed by atoms with Gasteiger partial charge < -0.3 is 5.11 Å². The summed E-state index contributed by atoms with van der Waals surface area (Å²) < 4.78 is 13.7. The zero-order valence-electron chi connectivity index (χ0n) is 9.44. The van der Waals surface area contributed by atoms with Crippen LogP contribution >= 0.6 is 11.8 Å². The van der Waals surface area contributed by atoms with Crippen LogP contribution in [0.4, 0.5) is 4.39 Å². The molecule has 0 unspecified atom stereocenters. The van der Waals surface area contributed by atoms with Gasteiger partial charge in [-0.15, -0.1) is 5.10 Å². The number of benzene rings is 1. The summed E-state index contributed by atoms with van der Waals surface area (Å²) in [4.78, 5) is 4.52. The Morgan fingerprint density at radius 3 is 2.76 bits per heavy atom. The standard InChI is InChI=1S/C11H12FN3OS/c1-6(16)8-3-4-10(9(12)5-8)17-11-13-7(2)14-15-11/h3-6,16H,1-2H3,(H,13,14,15)/t6-/m1/s1. The maximum atomic E-state index is 13.7. The Bertz CT molecular complexity index is 527. The van der Waals surface area contributed by atoms with Gasteiger partial charge in [-0.05, 0) is 43.3 Å². The number of aliphatic hydroxyl groups excluding tert-OH is 1. The van der Waals surface area contributed by atoms with Gasteiger partial charge in [0.05, 0.1) is 11.0 Å². The van der Waals surface area contributed by atoms with Gasteiger partial charge in [-0.2, -0.15) is 0 Å². The van der Waals surface area contributed by atoms with E-state index in [9.17, 15) is 9.50 Å². The lowest BCUT2D eigenvalue weighted by Crippen LogP contribution is -1.93. The zero-order chi connectivity index (χ0) is 12.4. The molecule has 4 nitrogen and oxygen atoms in total. The van der Waals surface area contributed by atoms with Gasteiger partial charge in [0, 0.05) is 0 Å². The minimum Gasteiger partial charge on any atom is -0.389 e. The van der Waals surface area contributed by atoms with Gasteiger partial charge in [0.15, 0.2) is 0 Å². The largest absolute Gasteiger partial charge is 0.389 e. The third-order valence-corrected chi connectivity index (χ3v) is 3.13.